The molecule has 0 saturated carbocycles. The minimum atomic E-state index is -0.468. The molecule has 4 rings (SSSR count). The smallest absolute Gasteiger partial charge is 0.291 e. The van der Waals surface area contributed by atoms with Crippen LogP contribution in [0.1, 0.15) is 37.9 Å². The van der Waals surface area contributed by atoms with E-state index in [0.29, 0.717) is 22.1 Å². The second-order valence-electron chi connectivity index (χ2n) is 7.29. The fourth-order valence-corrected chi connectivity index (χ4v) is 3.40. The van der Waals surface area contributed by atoms with E-state index in [1.165, 1.54) is 23.2 Å². The third-order valence-corrected chi connectivity index (χ3v) is 5.02. The highest BCUT2D eigenvalue weighted by atomic mass is 35.5. The molecule has 0 fully saturated rings. The molecule has 2 heterocycles. The summed E-state index contributed by atoms with van der Waals surface area (Å²) in [6.07, 6.45) is 1.40. The van der Waals surface area contributed by atoms with E-state index < -0.39 is 11.8 Å². The Labute approximate surface area is 189 Å². The number of aromatic nitrogens is 3. The van der Waals surface area contributed by atoms with E-state index in [9.17, 15) is 9.59 Å². The maximum absolute atomic E-state index is 13.0. The van der Waals surface area contributed by atoms with E-state index >= 15 is 0 Å². The van der Waals surface area contributed by atoms with Gasteiger partial charge in [-0.05, 0) is 62.7 Å². The first-order valence-electron chi connectivity index (χ1n) is 9.79. The van der Waals surface area contributed by atoms with Crippen molar-refractivity contribution in [3.8, 4) is 5.69 Å². The zero-order valence-electron chi connectivity index (χ0n) is 17.6. The van der Waals surface area contributed by atoms with Crippen LogP contribution in [0.25, 0.3) is 5.69 Å². The molecule has 2 aromatic heterocycles. The topological polar surface area (TPSA) is 102 Å². The summed E-state index contributed by atoms with van der Waals surface area (Å²) in [5.41, 5.74) is 4.23. The summed E-state index contributed by atoms with van der Waals surface area (Å²) >= 11 is 6.09. The molecule has 0 unspecified atom stereocenters. The predicted molar refractivity (Wildman–Crippen MR) is 122 cm³/mol. The second kappa shape index (κ2) is 8.68. The van der Waals surface area contributed by atoms with Crippen LogP contribution in [0.3, 0.4) is 0 Å². The van der Waals surface area contributed by atoms with E-state index in [4.69, 9.17) is 16.0 Å². The molecule has 4 aromatic rings. The van der Waals surface area contributed by atoms with Gasteiger partial charge in [0.2, 0.25) is 0 Å². The fourth-order valence-electron chi connectivity index (χ4n) is 3.23. The number of amides is 2. The van der Waals surface area contributed by atoms with Crippen LogP contribution in [0.4, 0.5) is 11.4 Å². The van der Waals surface area contributed by atoms with Crippen LogP contribution < -0.4 is 10.6 Å². The van der Waals surface area contributed by atoms with Crippen LogP contribution >= 0.6 is 11.6 Å². The van der Waals surface area contributed by atoms with Crippen molar-refractivity contribution in [2.75, 3.05) is 10.6 Å². The number of aryl methyl sites for hydroxylation is 3. The number of nitrogens with zero attached hydrogens (tertiary/aromatic N) is 3. The van der Waals surface area contributed by atoms with Crippen LogP contribution in [0.15, 0.2) is 59.2 Å². The first-order valence-corrected chi connectivity index (χ1v) is 10.2. The lowest BCUT2D eigenvalue weighted by Gasteiger charge is -2.12. The summed E-state index contributed by atoms with van der Waals surface area (Å²) in [5.74, 6) is -0.798. The molecule has 0 radical (unpaired) electrons. The molecule has 162 valence electrons. The Kier molecular flexibility index (Phi) is 5.79. The van der Waals surface area contributed by atoms with Gasteiger partial charge in [0, 0.05) is 5.02 Å². The van der Waals surface area contributed by atoms with Crippen LogP contribution in [0.2, 0.25) is 5.02 Å². The molecular weight excluding hydrogens is 430 g/mol. The number of rotatable bonds is 5. The first kappa shape index (κ1) is 21.3. The van der Waals surface area contributed by atoms with Crippen molar-refractivity contribution in [1.82, 2.24) is 15.0 Å². The first-order chi connectivity index (χ1) is 15.3. The van der Waals surface area contributed by atoms with Gasteiger partial charge in [0.15, 0.2) is 11.5 Å². The van der Waals surface area contributed by atoms with E-state index in [1.54, 1.807) is 25.1 Å². The van der Waals surface area contributed by atoms with Crippen LogP contribution in [0, 0.1) is 20.8 Å². The lowest BCUT2D eigenvalue weighted by atomic mass is 10.1. The quantitative estimate of drug-likeness (QED) is 0.449. The fraction of sp³-hybridized carbons (Fsp3) is 0.130. The van der Waals surface area contributed by atoms with E-state index in [-0.39, 0.29) is 11.5 Å². The number of halogens is 1. The second-order valence-corrected chi connectivity index (χ2v) is 7.73. The molecule has 2 aromatic carbocycles. The van der Waals surface area contributed by atoms with Gasteiger partial charge < -0.3 is 15.1 Å². The normalized spacial score (nSPS) is 10.8. The highest BCUT2D eigenvalue weighted by Crippen LogP contribution is 2.27. The summed E-state index contributed by atoms with van der Waals surface area (Å²) in [6.45, 7) is 5.68. The van der Waals surface area contributed by atoms with Crippen molar-refractivity contribution in [2.24, 2.45) is 0 Å². The van der Waals surface area contributed by atoms with Gasteiger partial charge in [-0.25, -0.2) is 0 Å². The number of carbonyl (C=O) groups excluding carboxylic acids is 2. The lowest BCUT2D eigenvalue weighted by molar-refractivity contribution is 0.0992. The Bertz CT molecular complexity index is 1310. The van der Waals surface area contributed by atoms with Crippen molar-refractivity contribution < 1.29 is 14.0 Å². The van der Waals surface area contributed by atoms with Gasteiger partial charge in [0.05, 0.1) is 29.0 Å². The van der Waals surface area contributed by atoms with Crippen LogP contribution in [-0.2, 0) is 0 Å². The number of furan rings is 1. The number of hydrogen-bond acceptors (Lipinski definition) is 5. The number of anilines is 2. The molecular formula is C23H20ClN5O3. The van der Waals surface area contributed by atoms with Gasteiger partial charge in [-0.2, -0.15) is 9.90 Å². The van der Waals surface area contributed by atoms with Crippen molar-refractivity contribution in [3.05, 3.63) is 88.1 Å². The summed E-state index contributed by atoms with van der Waals surface area (Å²) in [7, 11) is 0. The zero-order valence-corrected chi connectivity index (χ0v) is 18.4. The molecule has 9 heteroatoms. The van der Waals surface area contributed by atoms with Crippen LogP contribution in [0.5, 0.6) is 0 Å². The third kappa shape index (κ3) is 4.40. The molecule has 0 aliphatic rings. The largest absolute Gasteiger partial charge is 0.459 e. The maximum atomic E-state index is 13.0. The predicted octanol–water partition coefficient (Wildman–Crippen LogP) is 4.94. The molecule has 0 atom stereocenters. The molecule has 32 heavy (non-hydrogen) atoms. The highest BCUT2D eigenvalue weighted by molar-refractivity contribution is 6.31. The Morgan fingerprint density at radius 3 is 2.44 bits per heavy atom. The number of nitrogens with one attached hydrogen (secondary N) is 2. The minimum absolute atomic E-state index is 0.134. The number of carbonyl (C=O) groups is 2. The maximum Gasteiger partial charge on any atom is 0.291 e. The van der Waals surface area contributed by atoms with Crippen molar-refractivity contribution >= 4 is 34.8 Å². The SMILES string of the molecule is Cc1ccc(-n2nc(C)c(C(=O)Nc3ccc(Cl)cc3NC(=O)c3ccco3)n2)c(C)c1. The lowest BCUT2D eigenvalue weighted by Crippen LogP contribution is -2.17. The molecule has 0 aliphatic heterocycles. The van der Waals surface area contributed by atoms with E-state index in [1.807, 2.05) is 32.0 Å². The summed E-state index contributed by atoms with van der Waals surface area (Å²) in [5, 5.41) is 14.6. The average Bonchev–Trinajstić information content (AvgIpc) is 3.40. The van der Waals surface area contributed by atoms with E-state index in [0.717, 1.165) is 16.8 Å². The van der Waals surface area contributed by atoms with Crippen LogP contribution in [-0.4, -0.2) is 26.8 Å². The Balaban J connectivity index is 1.59. The third-order valence-electron chi connectivity index (χ3n) is 4.79. The highest BCUT2D eigenvalue weighted by Gasteiger charge is 2.20. The summed E-state index contributed by atoms with van der Waals surface area (Å²) < 4.78 is 5.11. The molecule has 2 amide bonds. The molecule has 8 nitrogen and oxygen atoms in total. The minimum Gasteiger partial charge on any atom is -0.459 e. The van der Waals surface area contributed by atoms with Gasteiger partial charge in [0.25, 0.3) is 11.8 Å². The Hall–Kier alpha value is -3.91. The monoisotopic (exact) mass is 449 g/mol. The zero-order chi connectivity index (χ0) is 22.8. The number of hydrogen-bond donors (Lipinski definition) is 2. The molecule has 0 aliphatic carbocycles. The van der Waals surface area contributed by atoms with Gasteiger partial charge in [0.1, 0.15) is 0 Å². The molecule has 2 N–H and O–H groups in total. The molecule has 0 saturated heterocycles. The number of benzene rings is 2. The van der Waals surface area contributed by atoms with Crippen molar-refractivity contribution in [2.45, 2.75) is 20.8 Å². The molecule has 0 spiro atoms. The van der Waals surface area contributed by atoms with Crippen molar-refractivity contribution in [3.63, 3.8) is 0 Å². The van der Waals surface area contributed by atoms with Gasteiger partial charge in [-0.15, -0.1) is 5.10 Å². The van der Waals surface area contributed by atoms with Crippen molar-refractivity contribution in [1.29, 1.82) is 0 Å². The van der Waals surface area contributed by atoms with Gasteiger partial charge >= 0.3 is 0 Å². The van der Waals surface area contributed by atoms with E-state index in [2.05, 4.69) is 20.8 Å². The standard InChI is InChI=1S/C23H20ClN5O3/c1-13-6-9-19(14(2)11-13)29-27-15(3)21(28-29)23(31)25-17-8-7-16(24)12-18(17)26-22(30)20-5-4-10-32-20/h4-12H,1-3H3,(H,25,31)(H,26,30). The average molecular weight is 450 g/mol. The summed E-state index contributed by atoms with van der Waals surface area (Å²) in [6, 6.07) is 13.8. The summed E-state index contributed by atoms with van der Waals surface area (Å²) in [4.78, 5) is 26.8. The Morgan fingerprint density at radius 2 is 1.72 bits per heavy atom. The Morgan fingerprint density at radius 1 is 0.938 bits per heavy atom. The molecule has 0 bridgehead atoms. The van der Waals surface area contributed by atoms with Gasteiger partial charge in [-0.3, -0.25) is 9.59 Å². The van der Waals surface area contributed by atoms with Gasteiger partial charge in [-0.1, -0.05) is 29.3 Å².